The lowest BCUT2D eigenvalue weighted by molar-refractivity contribution is 0.450. The van der Waals surface area contributed by atoms with Gasteiger partial charge in [-0.3, -0.25) is 0 Å². The summed E-state index contributed by atoms with van der Waals surface area (Å²) in [5.74, 6) is -0.337. The molecule has 2 heterocycles. The first kappa shape index (κ1) is 15.5. The number of hydrogen-bond donors (Lipinski definition) is 1. The van der Waals surface area contributed by atoms with E-state index >= 15 is 0 Å². The molecular formula is C13H19NO4S3. The standard InChI is InChI=1S/C13H19NO4S3/c15-20(16)8-11(14-10-4-1-2-5-10)12(9-20)21(17,18)13-6-3-7-19-13/h3,6-7,10-12,14H,1-2,4-5,8-9H2/t11-,12-/m0/s1. The van der Waals surface area contributed by atoms with Crippen LogP contribution in [0.15, 0.2) is 21.7 Å². The summed E-state index contributed by atoms with van der Waals surface area (Å²) < 4.78 is 49.5. The van der Waals surface area contributed by atoms with E-state index in [2.05, 4.69) is 5.32 Å². The van der Waals surface area contributed by atoms with Gasteiger partial charge in [-0.25, -0.2) is 16.8 Å². The third kappa shape index (κ3) is 3.18. The van der Waals surface area contributed by atoms with E-state index in [-0.39, 0.29) is 21.8 Å². The van der Waals surface area contributed by atoms with Gasteiger partial charge in [0, 0.05) is 12.1 Å². The van der Waals surface area contributed by atoms with Gasteiger partial charge < -0.3 is 5.32 Å². The van der Waals surface area contributed by atoms with Gasteiger partial charge in [-0.2, -0.15) is 0 Å². The van der Waals surface area contributed by atoms with Crippen LogP contribution in [0.1, 0.15) is 25.7 Å². The smallest absolute Gasteiger partial charge is 0.193 e. The average Bonchev–Trinajstić information content (AvgIpc) is 3.10. The van der Waals surface area contributed by atoms with Crippen LogP contribution in [0.4, 0.5) is 0 Å². The van der Waals surface area contributed by atoms with Gasteiger partial charge in [-0.15, -0.1) is 11.3 Å². The Kier molecular flexibility index (Phi) is 4.15. The molecule has 1 aromatic heterocycles. The van der Waals surface area contributed by atoms with Gasteiger partial charge in [0.15, 0.2) is 19.7 Å². The van der Waals surface area contributed by atoms with Gasteiger partial charge in [0.2, 0.25) is 0 Å². The zero-order valence-corrected chi connectivity index (χ0v) is 14.0. The molecule has 1 aromatic rings. The summed E-state index contributed by atoms with van der Waals surface area (Å²) in [6.45, 7) is 0. The van der Waals surface area contributed by atoms with Gasteiger partial charge in [0.1, 0.15) is 4.21 Å². The molecule has 0 spiro atoms. The monoisotopic (exact) mass is 349 g/mol. The zero-order valence-electron chi connectivity index (χ0n) is 11.6. The van der Waals surface area contributed by atoms with Crippen molar-refractivity contribution in [2.75, 3.05) is 11.5 Å². The minimum Gasteiger partial charge on any atom is -0.309 e. The molecule has 118 valence electrons. The van der Waals surface area contributed by atoms with Crippen LogP contribution in [-0.4, -0.2) is 45.7 Å². The lowest BCUT2D eigenvalue weighted by atomic mass is 10.2. The fourth-order valence-electron chi connectivity index (χ4n) is 3.25. The van der Waals surface area contributed by atoms with Crippen LogP contribution < -0.4 is 5.32 Å². The second-order valence-corrected chi connectivity index (χ2v) is 11.3. The molecule has 1 aliphatic heterocycles. The van der Waals surface area contributed by atoms with E-state index in [4.69, 9.17) is 0 Å². The molecule has 2 aliphatic rings. The highest BCUT2D eigenvalue weighted by Crippen LogP contribution is 2.30. The molecule has 2 fully saturated rings. The maximum atomic E-state index is 12.7. The van der Waals surface area contributed by atoms with Crippen LogP contribution in [0.3, 0.4) is 0 Å². The Balaban J connectivity index is 1.87. The van der Waals surface area contributed by atoms with Crippen molar-refractivity contribution in [3.63, 3.8) is 0 Å². The maximum Gasteiger partial charge on any atom is 0.193 e. The topological polar surface area (TPSA) is 80.3 Å². The van der Waals surface area contributed by atoms with Crippen molar-refractivity contribution in [3.8, 4) is 0 Å². The minimum atomic E-state index is -3.58. The third-order valence-electron chi connectivity index (χ3n) is 4.28. The highest BCUT2D eigenvalue weighted by Gasteiger charge is 2.46. The Hall–Kier alpha value is -0.440. The van der Waals surface area contributed by atoms with Crippen LogP contribution in [0.25, 0.3) is 0 Å². The van der Waals surface area contributed by atoms with E-state index in [1.54, 1.807) is 17.5 Å². The first-order chi connectivity index (χ1) is 9.88. The highest BCUT2D eigenvalue weighted by atomic mass is 32.2. The summed E-state index contributed by atoms with van der Waals surface area (Å²) >= 11 is 1.15. The van der Waals surface area contributed by atoms with Crippen molar-refractivity contribution in [1.29, 1.82) is 0 Å². The molecule has 1 saturated heterocycles. The SMILES string of the molecule is O=S1(=O)C[C@H](NC2CCCC2)[C@@H](S(=O)(=O)c2cccs2)C1. The lowest BCUT2D eigenvalue weighted by Crippen LogP contribution is -2.47. The normalized spacial score (nSPS) is 29.9. The van der Waals surface area contributed by atoms with E-state index in [1.165, 1.54) is 0 Å². The van der Waals surface area contributed by atoms with Gasteiger partial charge in [0.05, 0.1) is 16.8 Å². The summed E-state index contributed by atoms with van der Waals surface area (Å²) in [5.41, 5.74) is 0. The quantitative estimate of drug-likeness (QED) is 0.884. The van der Waals surface area contributed by atoms with Crippen LogP contribution in [0.5, 0.6) is 0 Å². The van der Waals surface area contributed by atoms with E-state index in [1.807, 2.05) is 0 Å². The first-order valence-electron chi connectivity index (χ1n) is 7.12. The molecule has 0 amide bonds. The predicted octanol–water partition coefficient (Wildman–Crippen LogP) is 1.22. The van der Waals surface area contributed by atoms with Gasteiger partial charge >= 0.3 is 0 Å². The number of rotatable bonds is 4. The molecule has 2 atom stereocenters. The Morgan fingerprint density at radius 2 is 1.90 bits per heavy atom. The van der Waals surface area contributed by atoms with Gasteiger partial charge in [0.25, 0.3) is 0 Å². The van der Waals surface area contributed by atoms with Crippen LogP contribution in [0.2, 0.25) is 0 Å². The Bertz CT molecular complexity index is 688. The summed E-state index contributed by atoms with van der Waals surface area (Å²) in [6, 6.07) is 3.01. The molecule has 3 rings (SSSR count). The van der Waals surface area contributed by atoms with Crippen molar-refractivity contribution < 1.29 is 16.8 Å². The van der Waals surface area contributed by atoms with Crippen molar-refractivity contribution in [1.82, 2.24) is 5.32 Å². The maximum absolute atomic E-state index is 12.7. The van der Waals surface area contributed by atoms with Gasteiger partial charge in [-0.05, 0) is 24.3 Å². The molecule has 8 heteroatoms. The second-order valence-electron chi connectivity index (χ2n) is 5.85. The van der Waals surface area contributed by atoms with Crippen LogP contribution in [-0.2, 0) is 19.7 Å². The van der Waals surface area contributed by atoms with Crippen LogP contribution in [0, 0.1) is 0 Å². The predicted molar refractivity (Wildman–Crippen MR) is 83.1 cm³/mol. The van der Waals surface area contributed by atoms with Crippen molar-refractivity contribution in [3.05, 3.63) is 17.5 Å². The Morgan fingerprint density at radius 3 is 2.52 bits per heavy atom. The average molecular weight is 349 g/mol. The number of thiophene rings is 1. The Morgan fingerprint density at radius 1 is 1.19 bits per heavy atom. The molecule has 0 radical (unpaired) electrons. The van der Waals surface area contributed by atoms with Crippen LogP contribution >= 0.6 is 11.3 Å². The van der Waals surface area contributed by atoms with E-state index in [0.717, 1.165) is 37.0 Å². The second kappa shape index (κ2) is 5.64. The fourth-order valence-corrected chi connectivity index (χ4v) is 9.15. The summed E-state index contributed by atoms with van der Waals surface area (Å²) in [4.78, 5) is 0. The summed E-state index contributed by atoms with van der Waals surface area (Å²) in [6.07, 6.45) is 4.25. The molecule has 1 N–H and O–H groups in total. The molecule has 5 nitrogen and oxygen atoms in total. The number of hydrogen-bond acceptors (Lipinski definition) is 6. The van der Waals surface area contributed by atoms with Crippen molar-refractivity contribution >= 4 is 31.0 Å². The molecule has 0 bridgehead atoms. The molecule has 1 aliphatic carbocycles. The van der Waals surface area contributed by atoms with E-state index < -0.39 is 31.0 Å². The Labute approximate surface area is 129 Å². The highest BCUT2D eigenvalue weighted by molar-refractivity contribution is 7.97. The fraction of sp³-hybridized carbons (Fsp3) is 0.692. The lowest BCUT2D eigenvalue weighted by Gasteiger charge is -2.23. The summed E-state index contributed by atoms with van der Waals surface area (Å²) in [7, 11) is -6.88. The van der Waals surface area contributed by atoms with Crippen molar-refractivity contribution in [2.45, 2.75) is 47.2 Å². The number of nitrogens with one attached hydrogen (secondary N) is 1. The molecular weight excluding hydrogens is 330 g/mol. The minimum absolute atomic E-state index is 0.0707. The van der Waals surface area contributed by atoms with Gasteiger partial charge in [-0.1, -0.05) is 18.9 Å². The largest absolute Gasteiger partial charge is 0.309 e. The van der Waals surface area contributed by atoms with E-state index in [0.29, 0.717) is 0 Å². The molecule has 0 unspecified atom stereocenters. The molecule has 21 heavy (non-hydrogen) atoms. The molecule has 0 aromatic carbocycles. The first-order valence-corrected chi connectivity index (χ1v) is 11.4. The summed E-state index contributed by atoms with van der Waals surface area (Å²) in [5, 5.41) is 4.14. The molecule has 1 saturated carbocycles. The zero-order chi connectivity index (χ0) is 15.1. The third-order valence-corrected chi connectivity index (χ3v) is 9.86. The number of sulfone groups is 2. The van der Waals surface area contributed by atoms with E-state index in [9.17, 15) is 16.8 Å². The van der Waals surface area contributed by atoms with Crippen molar-refractivity contribution in [2.24, 2.45) is 0 Å².